The summed E-state index contributed by atoms with van der Waals surface area (Å²) in [7, 11) is 0. The van der Waals surface area contributed by atoms with Crippen molar-refractivity contribution in [2.24, 2.45) is 0 Å². The number of benzene rings is 1. The second-order valence-electron chi connectivity index (χ2n) is 6.44. The van der Waals surface area contributed by atoms with E-state index in [4.69, 9.17) is 16.3 Å². The monoisotopic (exact) mass is 402 g/mol. The third-order valence-electron chi connectivity index (χ3n) is 2.88. The number of rotatable bonds is 8. The molecule has 26 heavy (non-hydrogen) atoms. The molecule has 0 heterocycles. The van der Waals surface area contributed by atoms with Crippen molar-refractivity contribution in [3.05, 3.63) is 29.3 Å². The van der Waals surface area contributed by atoms with Gasteiger partial charge in [-0.3, -0.25) is 4.79 Å². The lowest BCUT2D eigenvalue weighted by Gasteiger charge is -2.21. The van der Waals surface area contributed by atoms with Crippen LogP contribution in [0.25, 0.3) is 0 Å². The van der Waals surface area contributed by atoms with Gasteiger partial charge in [-0.1, -0.05) is 17.7 Å². The number of aliphatic carboxylic acids is 1. The third-order valence-corrected chi connectivity index (χ3v) is 4.11. The number of thioether (sulfide) groups is 1. The quantitative estimate of drug-likeness (QED) is 0.576. The largest absolute Gasteiger partial charge is 0.480 e. The number of alkyl carbamates (subject to hydrolysis) is 1. The van der Waals surface area contributed by atoms with Gasteiger partial charge in [0.15, 0.2) is 0 Å². The molecule has 0 spiro atoms. The number of nitrogens with one attached hydrogen (secondary N) is 2. The molecule has 0 aliphatic rings. The van der Waals surface area contributed by atoms with E-state index in [1.54, 1.807) is 45.0 Å². The van der Waals surface area contributed by atoms with E-state index >= 15 is 0 Å². The fourth-order valence-corrected chi connectivity index (χ4v) is 2.83. The molecular weight excluding hydrogens is 380 g/mol. The third kappa shape index (κ3) is 9.53. The first-order valence-electron chi connectivity index (χ1n) is 7.92. The van der Waals surface area contributed by atoms with Gasteiger partial charge in [-0.15, -0.1) is 0 Å². The zero-order valence-electron chi connectivity index (χ0n) is 14.9. The van der Waals surface area contributed by atoms with Crippen molar-refractivity contribution >= 4 is 47.0 Å². The average Bonchev–Trinajstić information content (AvgIpc) is 2.48. The molecule has 2 amide bonds. The summed E-state index contributed by atoms with van der Waals surface area (Å²) in [6.45, 7) is 5.07. The highest BCUT2D eigenvalue weighted by Crippen LogP contribution is 2.15. The highest BCUT2D eigenvalue weighted by molar-refractivity contribution is 7.99. The molecule has 7 nitrogen and oxygen atoms in total. The number of ether oxygens (including phenoxy) is 1. The van der Waals surface area contributed by atoms with E-state index in [0.717, 1.165) is 0 Å². The summed E-state index contributed by atoms with van der Waals surface area (Å²) in [5.41, 5.74) is -0.113. The van der Waals surface area contributed by atoms with Gasteiger partial charge in [0.05, 0.1) is 5.75 Å². The summed E-state index contributed by atoms with van der Waals surface area (Å²) in [5, 5.41) is 14.7. The fourth-order valence-electron chi connectivity index (χ4n) is 1.84. The topological polar surface area (TPSA) is 105 Å². The molecule has 0 radical (unpaired) electrons. The molecule has 1 atom stereocenters. The SMILES string of the molecule is CC(C)(C)OC(=O)NC(CCSCC(=O)Nc1cccc(Cl)c1)C(=O)O. The molecule has 0 fully saturated rings. The lowest BCUT2D eigenvalue weighted by molar-refractivity contribution is -0.139. The van der Waals surface area contributed by atoms with E-state index < -0.39 is 23.7 Å². The molecule has 1 aromatic carbocycles. The van der Waals surface area contributed by atoms with E-state index in [0.29, 0.717) is 16.5 Å². The maximum atomic E-state index is 11.9. The van der Waals surface area contributed by atoms with Crippen LogP contribution in [0.2, 0.25) is 5.02 Å². The van der Waals surface area contributed by atoms with E-state index in [9.17, 15) is 19.5 Å². The Balaban J connectivity index is 2.35. The highest BCUT2D eigenvalue weighted by Gasteiger charge is 2.23. The van der Waals surface area contributed by atoms with Gasteiger partial charge >= 0.3 is 12.1 Å². The number of carboxylic acids is 1. The van der Waals surface area contributed by atoms with Gasteiger partial charge in [-0.05, 0) is 51.1 Å². The molecule has 0 saturated heterocycles. The summed E-state index contributed by atoms with van der Waals surface area (Å²) in [6, 6.07) is 5.71. The van der Waals surface area contributed by atoms with E-state index in [2.05, 4.69) is 10.6 Å². The number of hydrogen-bond acceptors (Lipinski definition) is 5. The van der Waals surface area contributed by atoms with Crippen molar-refractivity contribution < 1.29 is 24.2 Å². The number of carboxylic acid groups (broad SMARTS) is 1. The van der Waals surface area contributed by atoms with Crippen LogP contribution in [0.1, 0.15) is 27.2 Å². The van der Waals surface area contributed by atoms with Crippen molar-refractivity contribution in [1.82, 2.24) is 5.32 Å². The van der Waals surface area contributed by atoms with Gasteiger partial charge in [0.2, 0.25) is 5.91 Å². The first kappa shape index (κ1) is 22.1. The fraction of sp³-hybridized carbons (Fsp3) is 0.471. The van der Waals surface area contributed by atoms with Gasteiger partial charge < -0.3 is 20.5 Å². The molecule has 144 valence electrons. The number of amides is 2. The summed E-state index contributed by atoms with van der Waals surface area (Å²) >= 11 is 7.11. The summed E-state index contributed by atoms with van der Waals surface area (Å²) in [5.74, 6) is -0.829. The molecule has 1 rings (SSSR count). The normalized spacial score (nSPS) is 12.2. The summed E-state index contributed by atoms with van der Waals surface area (Å²) < 4.78 is 5.04. The number of halogens is 1. The first-order valence-corrected chi connectivity index (χ1v) is 9.45. The molecule has 3 N–H and O–H groups in total. The maximum absolute atomic E-state index is 11.9. The van der Waals surface area contributed by atoms with Crippen LogP contribution in [0.15, 0.2) is 24.3 Å². The summed E-state index contributed by atoms with van der Waals surface area (Å²) in [4.78, 5) is 34.8. The van der Waals surface area contributed by atoms with Crippen LogP contribution in [0.3, 0.4) is 0 Å². The molecule has 0 aliphatic heterocycles. The van der Waals surface area contributed by atoms with Crippen LogP contribution in [-0.2, 0) is 14.3 Å². The Morgan fingerprint density at radius 3 is 2.58 bits per heavy atom. The van der Waals surface area contributed by atoms with Gasteiger partial charge in [-0.25, -0.2) is 9.59 Å². The Kier molecular flexibility index (Phi) is 8.74. The second-order valence-corrected chi connectivity index (χ2v) is 7.98. The van der Waals surface area contributed by atoms with Crippen LogP contribution >= 0.6 is 23.4 Å². The molecule has 9 heteroatoms. The highest BCUT2D eigenvalue weighted by atomic mass is 35.5. The lowest BCUT2D eigenvalue weighted by Crippen LogP contribution is -2.43. The van der Waals surface area contributed by atoms with Gasteiger partial charge in [0, 0.05) is 10.7 Å². The van der Waals surface area contributed by atoms with Gasteiger partial charge in [0.1, 0.15) is 11.6 Å². The molecule has 1 unspecified atom stereocenters. The molecule has 0 aromatic heterocycles. The Bertz CT molecular complexity index is 648. The Morgan fingerprint density at radius 2 is 2.00 bits per heavy atom. The molecule has 0 saturated carbocycles. The number of carbonyl (C=O) groups is 3. The number of anilines is 1. The zero-order chi connectivity index (χ0) is 19.7. The van der Waals surface area contributed by atoms with E-state index in [1.165, 1.54) is 11.8 Å². The van der Waals surface area contributed by atoms with Gasteiger partial charge in [0.25, 0.3) is 0 Å². The Morgan fingerprint density at radius 1 is 1.31 bits per heavy atom. The van der Waals surface area contributed by atoms with E-state index in [-0.39, 0.29) is 18.1 Å². The second kappa shape index (κ2) is 10.3. The summed E-state index contributed by atoms with van der Waals surface area (Å²) in [6.07, 6.45) is -0.613. The van der Waals surface area contributed by atoms with Crippen LogP contribution in [-0.4, -0.2) is 46.2 Å². The van der Waals surface area contributed by atoms with Crippen LogP contribution in [0.5, 0.6) is 0 Å². The molecular formula is C17H23ClN2O5S. The zero-order valence-corrected chi connectivity index (χ0v) is 16.4. The predicted octanol–water partition coefficient (Wildman–Crippen LogP) is 3.38. The smallest absolute Gasteiger partial charge is 0.408 e. The average molecular weight is 403 g/mol. The number of hydrogen-bond donors (Lipinski definition) is 3. The Labute approximate surface area is 161 Å². The van der Waals surface area contributed by atoms with Gasteiger partial charge in [-0.2, -0.15) is 11.8 Å². The van der Waals surface area contributed by atoms with Crippen molar-refractivity contribution in [3.8, 4) is 0 Å². The van der Waals surface area contributed by atoms with Crippen molar-refractivity contribution in [1.29, 1.82) is 0 Å². The van der Waals surface area contributed by atoms with Crippen LogP contribution in [0.4, 0.5) is 10.5 Å². The minimum Gasteiger partial charge on any atom is -0.480 e. The Hall–Kier alpha value is -1.93. The maximum Gasteiger partial charge on any atom is 0.408 e. The van der Waals surface area contributed by atoms with E-state index in [1.807, 2.05) is 0 Å². The number of carbonyl (C=O) groups excluding carboxylic acids is 2. The molecule has 0 aliphatic carbocycles. The minimum absolute atomic E-state index is 0.158. The molecule has 1 aromatic rings. The van der Waals surface area contributed by atoms with Crippen molar-refractivity contribution in [2.45, 2.75) is 38.8 Å². The lowest BCUT2D eigenvalue weighted by atomic mass is 10.2. The van der Waals surface area contributed by atoms with Crippen LogP contribution < -0.4 is 10.6 Å². The molecule has 0 bridgehead atoms. The van der Waals surface area contributed by atoms with Crippen molar-refractivity contribution in [2.75, 3.05) is 16.8 Å². The predicted molar refractivity (Wildman–Crippen MR) is 103 cm³/mol. The first-order chi connectivity index (χ1) is 12.1. The van der Waals surface area contributed by atoms with Crippen molar-refractivity contribution in [3.63, 3.8) is 0 Å². The van der Waals surface area contributed by atoms with Crippen LogP contribution in [0, 0.1) is 0 Å². The standard InChI is InChI=1S/C17H23ClN2O5S/c1-17(2,3)25-16(24)20-13(15(22)23)7-8-26-10-14(21)19-12-6-4-5-11(18)9-12/h4-6,9,13H,7-8,10H2,1-3H3,(H,19,21)(H,20,24)(H,22,23). The minimum atomic E-state index is -1.15.